The molecular formula is C14H14F3NO2. The van der Waals surface area contributed by atoms with Crippen LogP contribution in [-0.2, 0) is 11.2 Å². The monoisotopic (exact) mass is 285 g/mol. The fourth-order valence-corrected chi connectivity index (χ4v) is 2.18. The number of alkyl halides is 3. The van der Waals surface area contributed by atoms with Crippen LogP contribution in [0, 0.1) is 0 Å². The van der Waals surface area contributed by atoms with Gasteiger partial charge in [0.15, 0.2) is 0 Å². The van der Waals surface area contributed by atoms with E-state index in [4.69, 9.17) is 4.74 Å². The van der Waals surface area contributed by atoms with Crippen LogP contribution in [0.2, 0.25) is 0 Å². The van der Waals surface area contributed by atoms with Gasteiger partial charge in [-0.1, -0.05) is 12.1 Å². The van der Waals surface area contributed by atoms with Gasteiger partial charge in [-0.25, -0.2) is 0 Å². The maximum Gasteiger partial charge on any atom is 0.471 e. The van der Waals surface area contributed by atoms with E-state index in [1.807, 2.05) is 23.5 Å². The van der Waals surface area contributed by atoms with Gasteiger partial charge in [0, 0.05) is 6.54 Å². The lowest BCUT2D eigenvalue weighted by molar-refractivity contribution is -0.173. The number of ether oxygens (including phenoxy) is 1. The highest BCUT2D eigenvalue weighted by Gasteiger charge is 2.38. The highest BCUT2D eigenvalue weighted by atomic mass is 19.4. The molecule has 0 saturated heterocycles. The summed E-state index contributed by atoms with van der Waals surface area (Å²) in [7, 11) is 1.56. The Morgan fingerprint density at radius 1 is 1.40 bits per heavy atom. The van der Waals surface area contributed by atoms with Crippen molar-refractivity contribution in [3.05, 3.63) is 35.4 Å². The van der Waals surface area contributed by atoms with Gasteiger partial charge in [-0.3, -0.25) is 4.79 Å². The van der Waals surface area contributed by atoms with Crippen LogP contribution in [0.25, 0.3) is 5.57 Å². The lowest BCUT2D eigenvalue weighted by atomic mass is 10.1. The van der Waals surface area contributed by atoms with Crippen molar-refractivity contribution in [3.8, 4) is 5.75 Å². The molecule has 3 nitrogen and oxygen atoms in total. The maximum atomic E-state index is 12.0. The molecule has 0 atom stereocenters. The lowest BCUT2D eigenvalue weighted by Crippen LogP contribution is -2.36. The SMILES string of the molecule is COc1ccc2c(c1)/C(=C\CNC(=O)C(F)(F)F)CC2. The molecule has 0 radical (unpaired) electrons. The van der Waals surface area contributed by atoms with Crippen molar-refractivity contribution in [3.63, 3.8) is 0 Å². The molecule has 1 aromatic rings. The molecule has 0 spiro atoms. The Morgan fingerprint density at radius 2 is 2.15 bits per heavy atom. The molecule has 0 heterocycles. The molecule has 1 aliphatic rings. The number of benzene rings is 1. The standard InChI is InChI=1S/C14H14F3NO2/c1-20-11-5-4-9-2-3-10(12(9)8-11)6-7-18-13(19)14(15,16)17/h4-6,8H,2-3,7H2,1H3,(H,18,19)/b10-6-. The minimum absolute atomic E-state index is 0.135. The Kier molecular flexibility index (Phi) is 4.01. The fourth-order valence-electron chi connectivity index (χ4n) is 2.18. The Labute approximate surface area is 114 Å². The van der Waals surface area contributed by atoms with Crippen molar-refractivity contribution >= 4 is 11.5 Å². The number of amides is 1. The summed E-state index contributed by atoms with van der Waals surface area (Å²) in [5, 5.41) is 1.84. The maximum absolute atomic E-state index is 12.0. The van der Waals surface area contributed by atoms with Crippen LogP contribution in [0.4, 0.5) is 13.2 Å². The average molecular weight is 285 g/mol. The molecule has 0 bridgehead atoms. The molecule has 0 unspecified atom stereocenters. The first-order chi connectivity index (χ1) is 9.41. The van der Waals surface area contributed by atoms with Gasteiger partial charge in [0.2, 0.25) is 0 Å². The third-order valence-electron chi connectivity index (χ3n) is 3.20. The quantitative estimate of drug-likeness (QED) is 0.927. The van der Waals surface area contributed by atoms with Crippen LogP contribution in [0.15, 0.2) is 24.3 Å². The Bertz CT molecular complexity index is 550. The second-order valence-corrected chi connectivity index (χ2v) is 4.46. The molecule has 0 saturated carbocycles. The number of halogens is 3. The van der Waals surface area contributed by atoms with Gasteiger partial charge in [0.05, 0.1) is 7.11 Å². The number of fused-ring (bicyclic) bond motifs is 1. The van der Waals surface area contributed by atoms with Crippen LogP contribution in [0.3, 0.4) is 0 Å². The number of hydrogen-bond donors (Lipinski definition) is 1. The van der Waals surface area contributed by atoms with Crippen LogP contribution >= 0.6 is 0 Å². The Morgan fingerprint density at radius 3 is 2.80 bits per heavy atom. The minimum Gasteiger partial charge on any atom is -0.497 e. The van der Waals surface area contributed by atoms with Crippen molar-refractivity contribution in [2.75, 3.05) is 13.7 Å². The molecular weight excluding hydrogens is 271 g/mol. The smallest absolute Gasteiger partial charge is 0.471 e. The number of methoxy groups -OCH3 is 1. The first-order valence-electron chi connectivity index (χ1n) is 6.13. The first-order valence-corrected chi connectivity index (χ1v) is 6.13. The number of hydrogen-bond acceptors (Lipinski definition) is 2. The predicted octanol–water partition coefficient (Wildman–Crippen LogP) is 2.70. The van der Waals surface area contributed by atoms with Crippen molar-refractivity contribution in [1.29, 1.82) is 0 Å². The third kappa shape index (κ3) is 3.12. The molecule has 108 valence electrons. The summed E-state index contributed by atoms with van der Waals surface area (Å²) in [6.45, 7) is -0.135. The minimum atomic E-state index is -4.84. The molecule has 1 N–H and O–H groups in total. The zero-order chi connectivity index (χ0) is 14.8. The zero-order valence-electron chi connectivity index (χ0n) is 10.9. The van der Waals surface area contributed by atoms with E-state index in [1.54, 1.807) is 13.2 Å². The van der Waals surface area contributed by atoms with Gasteiger partial charge in [-0.2, -0.15) is 13.2 Å². The first kappa shape index (κ1) is 14.4. The lowest BCUT2D eigenvalue weighted by Gasteiger charge is -2.07. The van der Waals surface area contributed by atoms with E-state index < -0.39 is 12.1 Å². The van der Waals surface area contributed by atoms with Crippen LogP contribution < -0.4 is 10.1 Å². The molecule has 0 fully saturated rings. The molecule has 1 aromatic carbocycles. The molecule has 0 aromatic heterocycles. The molecule has 2 rings (SSSR count). The largest absolute Gasteiger partial charge is 0.497 e. The summed E-state index contributed by atoms with van der Waals surface area (Å²) in [6.07, 6.45) is -1.62. The summed E-state index contributed by atoms with van der Waals surface area (Å²) < 4.78 is 41.2. The van der Waals surface area contributed by atoms with E-state index in [2.05, 4.69) is 0 Å². The van der Waals surface area contributed by atoms with Crippen molar-refractivity contribution < 1.29 is 22.7 Å². The van der Waals surface area contributed by atoms with E-state index in [-0.39, 0.29) is 6.54 Å². The van der Waals surface area contributed by atoms with Crippen LogP contribution in [0.1, 0.15) is 17.5 Å². The molecule has 20 heavy (non-hydrogen) atoms. The Balaban J connectivity index is 2.06. The molecule has 6 heteroatoms. The van der Waals surface area contributed by atoms with E-state index >= 15 is 0 Å². The summed E-state index contributed by atoms with van der Waals surface area (Å²) in [5.74, 6) is -1.21. The van der Waals surface area contributed by atoms with E-state index in [1.165, 1.54) is 0 Å². The zero-order valence-corrected chi connectivity index (χ0v) is 10.9. The van der Waals surface area contributed by atoms with E-state index in [9.17, 15) is 18.0 Å². The van der Waals surface area contributed by atoms with Gasteiger partial charge in [-0.05, 0) is 41.7 Å². The summed E-state index contributed by atoms with van der Waals surface area (Å²) >= 11 is 0. The third-order valence-corrected chi connectivity index (χ3v) is 3.20. The number of allylic oxidation sites excluding steroid dienone is 1. The number of carbonyl (C=O) groups is 1. The summed E-state index contributed by atoms with van der Waals surface area (Å²) in [5.41, 5.74) is 3.05. The highest BCUT2D eigenvalue weighted by molar-refractivity contribution is 5.82. The predicted molar refractivity (Wildman–Crippen MR) is 68.4 cm³/mol. The van der Waals surface area contributed by atoms with E-state index in [0.29, 0.717) is 5.75 Å². The molecule has 0 aliphatic heterocycles. The van der Waals surface area contributed by atoms with Gasteiger partial charge in [-0.15, -0.1) is 0 Å². The number of rotatable bonds is 3. The van der Waals surface area contributed by atoms with Crippen LogP contribution in [0.5, 0.6) is 5.75 Å². The van der Waals surface area contributed by atoms with E-state index in [0.717, 1.165) is 29.5 Å². The normalized spacial score (nSPS) is 16.1. The molecule has 1 aliphatic carbocycles. The summed E-state index contributed by atoms with van der Waals surface area (Å²) in [4.78, 5) is 10.7. The Hall–Kier alpha value is -1.98. The second kappa shape index (κ2) is 5.56. The fraction of sp³-hybridized carbons (Fsp3) is 0.357. The second-order valence-electron chi connectivity index (χ2n) is 4.46. The average Bonchev–Trinajstić information content (AvgIpc) is 2.80. The van der Waals surface area contributed by atoms with Crippen molar-refractivity contribution in [2.24, 2.45) is 0 Å². The highest BCUT2D eigenvalue weighted by Crippen LogP contribution is 2.34. The topological polar surface area (TPSA) is 38.3 Å². The van der Waals surface area contributed by atoms with Gasteiger partial charge < -0.3 is 10.1 Å². The number of nitrogens with one attached hydrogen (secondary N) is 1. The van der Waals surface area contributed by atoms with Crippen LogP contribution in [-0.4, -0.2) is 25.7 Å². The van der Waals surface area contributed by atoms with Gasteiger partial charge >= 0.3 is 12.1 Å². The molecule has 1 amide bonds. The van der Waals surface area contributed by atoms with Crippen molar-refractivity contribution in [1.82, 2.24) is 5.32 Å². The van der Waals surface area contributed by atoms with Gasteiger partial charge in [0.25, 0.3) is 0 Å². The number of aryl methyl sites for hydroxylation is 1. The van der Waals surface area contributed by atoms with Gasteiger partial charge in [0.1, 0.15) is 5.75 Å². The summed E-state index contributed by atoms with van der Waals surface area (Å²) in [6, 6.07) is 5.66. The number of carbonyl (C=O) groups excluding carboxylic acids is 1. The van der Waals surface area contributed by atoms with Crippen molar-refractivity contribution in [2.45, 2.75) is 19.0 Å².